The average molecular weight is 758 g/mol. The third-order valence-corrected chi connectivity index (χ3v) is 8.61. The molecule has 0 saturated carbocycles. The molecular formula is C57H59N. The molecule has 0 amide bonds. The van der Waals surface area contributed by atoms with Gasteiger partial charge in [-0.3, -0.25) is 0 Å². The lowest BCUT2D eigenvalue weighted by atomic mass is 9.92. The van der Waals surface area contributed by atoms with Crippen LogP contribution in [0.4, 0.5) is 0 Å². The molecule has 2 aromatic carbocycles. The molecule has 0 saturated heterocycles. The quantitative estimate of drug-likeness (QED) is 0.102. The van der Waals surface area contributed by atoms with E-state index in [0.29, 0.717) is 0 Å². The maximum atomic E-state index is 4.57. The molecule has 1 nitrogen and oxygen atoms in total. The van der Waals surface area contributed by atoms with Crippen molar-refractivity contribution in [2.45, 2.75) is 20.8 Å². The summed E-state index contributed by atoms with van der Waals surface area (Å²) in [4.78, 5) is 2.14. The van der Waals surface area contributed by atoms with Crippen LogP contribution in [-0.4, -0.2) is 4.90 Å². The van der Waals surface area contributed by atoms with Gasteiger partial charge in [-0.05, 0) is 119 Å². The summed E-state index contributed by atoms with van der Waals surface area (Å²) >= 11 is 0. The summed E-state index contributed by atoms with van der Waals surface area (Å²) in [7, 11) is 0. The van der Waals surface area contributed by atoms with E-state index >= 15 is 0 Å². The van der Waals surface area contributed by atoms with Gasteiger partial charge in [0.15, 0.2) is 0 Å². The van der Waals surface area contributed by atoms with E-state index in [1.807, 2.05) is 105 Å². The molecule has 0 bridgehead atoms. The lowest BCUT2D eigenvalue weighted by Gasteiger charge is -2.30. The minimum absolute atomic E-state index is 0.778. The van der Waals surface area contributed by atoms with E-state index in [-0.39, 0.29) is 0 Å². The fourth-order valence-corrected chi connectivity index (χ4v) is 5.92. The van der Waals surface area contributed by atoms with Crippen LogP contribution in [0.2, 0.25) is 0 Å². The molecule has 58 heavy (non-hydrogen) atoms. The number of rotatable bonds is 23. The molecule has 0 aromatic heterocycles. The van der Waals surface area contributed by atoms with E-state index in [0.717, 1.165) is 72.8 Å². The average Bonchev–Trinajstić information content (AvgIpc) is 3.24. The zero-order valence-corrected chi connectivity index (χ0v) is 34.8. The van der Waals surface area contributed by atoms with Crippen LogP contribution in [0.3, 0.4) is 0 Å². The van der Waals surface area contributed by atoms with Crippen molar-refractivity contribution < 1.29 is 0 Å². The highest BCUT2D eigenvalue weighted by Crippen LogP contribution is 2.33. The SMILES string of the molecule is C=C\C=C/C(=C\C)C(/C=C)=C(/C=C\C(=C)C(=C/C=C)/C=C(\C)c1cc(C(/C=C\C=C)=C/C=C)cc(-c2ccccc2)c1)N(C(/C=C\C)=C/C=C)C(/C=C\C=C)=C/C=C. The van der Waals surface area contributed by atoms with Crippen molar-refractivity contribution in [3.05, 3.63) is 304 Å². The monoisotopic (exact) mass is 757 g/mol. The third-order valence-electron chi connectivity index (χ3n) is 8.61. The van der Waals surface area contributed by atoms with Crippen LogP contribution in [0.25, 0.3) is 22.3 Å². The predicted molar refractivity (Wildman–Crippen MR) is 262 cm³/mol. The first-order valence-corrected chi connectivity index (χ1v) is 19.1. The van der Waals surface area contributed by atoms with Crippen LogP contribution in [0.1, 0.15) is 31.9 Å². The molecule has 1 heteroatoms. The van der Waals surface area contributed by atoms with Crippen LogP contribution in [0.15, 0.2) is 293 Å². The van der Waals surface area contributed by atoms with Crippen LogP contribution in [0.5, 0.6) is 0 Å². The van der Waals surface area contributed by atoms with Gasteiger partial charge in [0.2, 0.25) is 0 Å². The second kappa shape index (κ2) is 26.6. The van der Waals surface area contributed by atoms with Crippen molar-refractivity contribution in [3.8, 4) is 11.1 Å². The van der Waals surface area contributed by atoms with E-state index in [4.69, 9.17) is 0 Å². The second-order valence-electron chi connectivity index (χ2n) is 12.6. The minimum atomic E-state index is 0.778. The van der Waals surface area contributed by atoms with Gasteiger partial charge in [0.25, 0.3) is 0 Å². The Bertz CT molecular complexity index is 2230. The number of hydrogen-bond acceptors (Lipinski definition) is 1. The molecule has 0 spiro atoms. The van der Waals surface area contributed by atoms with Crippen LogP contribution < -0.4 is 0 Å². The summed E-state index contributed by atoms with van der Waals surface area (Å²) in [6.07, 6.45) is 46.3. The summed E-state index contributed by atoms with van der Waals surface area (Å²) in [5.74, 6) is 0. The second-order valence-corrected chi connectivity index (χ2v) is 12.6. The third kappa shape index (κ3) is 14.1. The van der Waals surface area contributed by atoms with E-state index in [1.165, 1.54) is 0 Å². The Morgan fingerprint density at radius 1 is 0.552 bits per heavy atom. The Kier molecular flexibility index (Phi) is 21.5. The highest BCUT2D eigenvalue weighted by Gasteiger charge is 2.19. The standard InChI is InChI=1S/C57H59N/c1-13-23-34-47(21-9)56(22-10)57(58(54(31-18-6)32-19-7)55(33-20-8)38-25-15-3)40-39-45(11)50(30-17-5)41-46(12)51-42-52(48(29-16-4)35-24-14-2)44-53(43-51)49-36-27-26-28-37-49/h13-44H,1-6,8,10-11H2,7,9,12H3/b32-19-,34-23-,35-24-,38-25-,40-39-,46-41+,47-21+,48-29+,50-30+,54-31+,55-33+,57-56-. The van der Waals surface area contributed by atoms with Gasteiger partial charge in [-0.2, -0.15) is 0 Å². The first-order chi connectivity index (χ1) is 28.2. The van der Waals surface area contributed by atoms with Gasteiger partial charge >= 0.3 is 0 Å². The van der Waals surface area contributed by atoms with Crippen molar-refractivity contribution in [2.75, 3.05) is 0 Å². The molecule has 0 radical (unpaired) electrons. The summed E-state index contributed by atoms with van der Waals surface area (Å²) in [6.45, 7) is 42.7. The lowest BCUT2D eigenvalue weighted by molar-refractivity contribution is 0.574. The Labute approximate surface area is 350 Å². The Balaban J connectivity index is 3.01. The number of allylic oxidation sites excluding steroid dienone is 30. The molecule has 0 unspecified atom stereocenters. The van der Waals surface area contributed by atoms with E-state index in [9.17, 15) is 0 Å². The van der Waals surface area contributed by atoms with Gasteiger partial charge in [0, 0.05) is 17.0 Å². The van der Waals surface area contributed by atoms with Crippen molar-refractivity contribution in [3.63, 3.8) is 0 Å². The molecule has 0 fully saturated rings. The molecule has 0 aliphatic heterocycles. The molecule has 292 valence electrons. The normalized spacial score (nSPS) is 13.9. The van der Waals surface area contributed by atoms with Crippen molar-refractivity contribution >= 4 is 11.1 Å². The summed E-state index contributed by atoms with van der Waals surface area (Å²) in [5.41, 5.74) is 12.5. The highest BCUT2D eigenvalue weighted by atomic mass is 15.2. The first-order valence-electron chi connectivity index (χ1n) is 19.1. The largest absolute Gasteiger partial charge is 0.310 e. The number of hydrogen-bond donors (Lipinski definition) is 0. The molecule has 2 aromatic rings. The van der Waals surface area contributed by atoms with E-state index < -0.39 is 0 Å². The Hall–Kier alpha value is -7.22. The summed E-state index contributed by atoms with van der Waals surface area (Å²) < 4.78 is 0. The number of benzene rings is 2. The fraction of sp³-hybridized carbons (Fsp3) is 0.0526. The van der Waals surface area contributed by atoms with Crippen molar-refractivity contribution in [1.29, 1.82) is 0 Å². The van der Waals surface area contributed by atoms with Gasteiger partial charge in [-0.15, -0.1) is 0 Å². The Morgan fingerprint density at radius 2 is 1.14 bits per heavy atom. The minimum Gasteiger partial charge on any atom is -0.310 e. The maximum Gasteiger partial charge on any atom is 0.0539 e. The van der Waals surface area contributed by atoms with Crippen LogP contribution in [0, 0.1) is 0 Å². The van der Waals surface area contributed by atoms with Crippen LogP contribution in [-0.2, 0) is 0 Å². The van der Waals surface area contributed by atoms with Gasteiger partial charge in [0.1, 0.15) is 0 Å². The topological polar surface area (TPSA) is 3.24 Å². The lowest BCUT2D eigenvalue weighted by Crippen LogP contribution is -2.21. The van der Waals surface area contributed by atoms with Gasteiger partial charge in [-0.1, -0.05) is 205 Å². The smallest absolute Gasteiger partial charge is 0.0539 e. The van der Waals surface area contributed by atoms with E-state index in [1.54, 1.807) is 42.5 Å². The predicted octanol–water partition coefficient (Wildman–Crippen LogP) is 16.2. The van der Waals surface area contributed by atoms with E-state index in [2.05, 4.69) is 132 Å². The molecule has 2 rings (SSSR count). The molecule has 0 aliphatic rings. The first kappa shape index (κ1) is 46.9. The molecule has 0 heterocycles. The zero-order chi connectivity index (χ0) is 42.7. The number of nitrogens with zero attached hydrogens (tertiary/aromatic N) is 1. The zero-order valence-electron chi connectivity index (χ0n) is 34.8. The van der Waals surface area contributed by atoms with Crippen molar-refractivity contribution in [1.82, 2.24) is 4.90 Å². The maximum absolute atomic E-state index is 4.57. The molecule has 0 aliphatic carbocycles. The summed E-state index contributed by atoms with van der Waals surface area (Å²) in [6, 6.07) is 17.0. The van der Waals surface area contributed by atoms with Gasteiger partial charge < -0.3 is 4.90 Å². The van der Waals surface area contributed by atoms with Crippen LogP contribution >= 0.6 is 0 Å². The molecule has 0 atom stereocenters. The highest BCUT2D eigenvalue weighted by molar-refractivity contribution is 5.83. The molecule has 0 N–H and O–H groups in total. The summed E-state index contributed by atoms with van der Waals surface area (Å²) in [5, 5.41) is 0. The van der Waals surface area contributed by atoms with Gasteiger partial charge in [0.05, 0.1) is 5.70 Å². The fourth-order valence-electron chi connectivity index (χ4n) is 5.92. The van der Waals surface area contributed by atoms with Gasteiger partial charge in [-0.25, -0.2) is 0 Å². The molecular weight excluding hydrogens is 699 g/mol. The Morgan fingerprint density at radius 3 is 1.71 bits per heavy atom. The van der Waals surface area contributed by atoms with Crippen molar-refractivity contribution in [2.24, 2.45) is 0 Å².